The van der Waals surface area contributed by atoms with Crippen LogP contribution in [-0.2, 0) is 6.54 Å². The van der Waals surface area contributed by atoms with E-state index in [0.717, 1.165) is 22.2 Å². The molecule has 0 unspecified atom stereocenters. The largest absolute Gasteiger partial charge is 0.444 e. The number of nitrogens with one attached hydrogen (secondary N) is 1. The van der Waals surface area contributed by atoms with Crippen molar-refractivity contribution in [2.75, 3.05) is 5.32 Å². The third-order valence-corrected chi connectivity index (χ3v) is 3.65. The number of hydrogen-bond acceptors (Lipinski definition) is 2. The van der Waals surface area contributed by atoms with E-state index in [9.17, 15) is 0 Å². The van der Waals surface area contributed by atoms with Gasteiger partial charge in [0.25, 0.3) is 0 Å². The minimum absolute atomic E-state index is 0.461. The van der Waals surface area contributed by atoms with Crippen LogP contribution in [0.4, 0.5) is 5.69 Å². The lowest BCUT2D eigenvalue weighted by molar-refractivity contribution is 0.613. The van der Waals surface area contributed by atoms with E-state index in [2.05, 4.69) is 37.4 Å². The molecule has 0 fully saturated rings. The molecule has 3 heteroatoms. The van der Waals surface area contributed by atoms with Crippen molar-refractivity contribution in [2.24, 2.45) is 0 Å². The molecule has 20 heavy (non-hydrogen) atoms. The van der Waals surface area contributed by atoms with Crippen LogP contribution in [0.25, 0.3) is 11.0 Å². The van der Waals surface area contributed by atoms with Gasteiger partial charge in [-0.15, -0.1) is 0 Å². The van der Waals surface area contributed by atoms with Crippen molar-refractivity contribution in [2.45, 2.75) is 20.4 Å². The van der Waals surface area contributed by atoms with Gasteiger partial charge in [-0.05, 0) is 54.8 Å². The van der Waals surface area contributed by atoms with Crippen LogP contribution in [0.15, 0.2) is 46.9 Å². The van der Waals surface area contributed by atoms with E-state index in [1.54, 1.807) is 0 Å². The van der Waals surface area contributed by atoms with Crippen molar-refractivity contribution >= 4 is 28.3 Å². The molecule has 0 atom stereocenters. The molecule has 2 nitrogen and oxygen atoms in total. The summed E-state index contributed by atoms with van der Waals surface area (Å²) in [6.07, 6.45) is 0. The van der Waals surface area contributed by atoms with Crippen LogP contribution in [0.2, 0.25) is 5.22 Å². The van der Waals surface area contributed by atoms with Crippen LogP contribution in [-0.4, -0.2) is 0 Å². The molecular formula is C17H16ClNO. The van der Waals surface area contributed by atoms with Crippen LogP contribution in [0.1, 0.15) is 16.7 Å². The normalized spacial score (nSPS) is 10.9. The van der Waals surface area contributed by atoms with Gasteiger partial charge in [-0.2, -0.15) is 0 Å². The Morgan fingerprint density at radius 1 is 1.05 bits per heavy atom. The zero-order valence-electron chi connectivity index (χ0n) is 11.5. The molecule has 2 aromatic carbocycles. The highest BCUT2D eigenvalue weighted by Gasteiger charge is 2.11. The van der Waals surface area contributed by atoms with E-state index in [4.69, 9.17) is 16.0 Å². The minimum Gasteiger partial charge on any atom is -0.444 e. The number of rotatable bonds is 3. The Balaban J connectivity index is 1.88. The molecule has 0 amide bonds. The second kappa shape index (κ2) is 5.22. The van der Waals surface area contributed by atoms with Gasteiger partial charge in [0.2, 0.25) is 0 Å². The molecule has 0 saturated carbocycles. The summed E-state index contributed by atoms with van der Waals surface area (Å²) in [5, 5.41) is 4.94. The van der Waals surface area contributed by atoms with E-state index >= 15 is 0 Å². The molecule has 102 valence electrons. The van der Waals surface area contributed by atoms with Gasteiger partial charge in [0.15, 0.2) is 5.22 Å². The van der Waals surface area contributed by atoms with E-state index in [1.807, 2.05) is 24.3 Å². The van der Waals surface area contributed by atoms with E-state index in [1.165, 1.54) is 11.1 Å². The molecule has 3 aromatic rings. The first-order valence-electron chi connectivity index (χ1n) is 6.61. The monoisotopic (exact) mass is 285 g/mol. The van der Waals surface area contributed by atoms with Crippen molar-refractivity contribution in [3.8, 4) is 0 Å². The summed E-state index contributed by atoms with van der Waals surface area (Å²) in [4.78, 5) is 0. The highest BCUT2D eigenvalue weighted by Crippen LogP contribution is 2.30. The number of fused-ring (bicyclic) bond motifs is 1. The highest BCUT2D eigenvalue weighted by atomic mass is 35.5. The molecule has 0 aliphatic rings. The highest BCUT2D eigenvalue weighted by molar-refractivity contribution is 6.30. The van der Waals surface area contributed by atoms with Gasteiger partial charge in [-0.3, -0.25) is 0 Å². The lowest BCUT2D eigenvalue weighted by Crippen LogP contribution is -1.99. The summed E-state index contributed by atoms with van der Waals surface area (Å²) in [5.74, 6) is 0. The molecule has 1 N–H and O–H groups in total. The summed E-state index contributed by atoms with van der Waals surface area (Å²) >= 11 is 6.19. The molecule has 0 aliphatic carbocycles. The van der Waals surface area contributed by atoms with Crippen molar-refractivity contribution in [3.63, 3.8) is 0 Å². The number of halogens is 1. The van der Waals surface area contributed by atoms with Gasteiger partial charge in [-0.1, -0.05) is 24.3 Å². The van der Waals surface area contributed by atoms with Crippen LogP contribution in [0.5, 0.6) is 0 Å². The zero-order chi connectivity index (χ0) is 14.1. The fourth-order valence-electron chi connectivity index (χ4n) is 2.50. The third kappa shape index (κ3) is 2.52. The Morgan fingerprint density at radius 3 is 2.50 bits per heavy atom. The van der Waals surface area contributed by atoms with Crippen LogP contribution in [0, 0.1) is 13.8 Å². The molecule has 3 rings (SSSR count). The van der Waals surface area contributed by atoms with Crippen LogP contribution in [0.3, 0.4) is 0 Å². The standard InChI is InChI=1S/C17H16ClNO/c1-11-7-12(2)9-13(8-11)19-10-15-14-5-3-4-6-16(14)20-17(15)18/h3-9,19H,10H2,1-2H3. The fraction of sp³-hybridized carbons (Fsp3) is 0.176. The number of furan rings is 1. The van der Waals surface area contributed by atoms with E-state index in [0.29, 0.717) is 11.8 Å². The first-order chi connectivity index (χ1) is 9.63. The van der Waals surface area contributed by atoms with Crippen molar-refractivity contribution in [1.29, 1.82) is 0 Å². The van der Waals surface area contributed by atoms with Gasteiger partial charge in [0.05, 0.1) is 0 Å². The predicted molar refractivity (Wildman–Crippen MR) is 84.5 cm³/mol. The topological polar surface area (TPSA) is 25.2 Å². The van der Waals surface area contributed by atoms with Gasteiger partial charge in [-0.25, -0.2) is 0 Å². The van der Waals surface area contributed by atoms with Crippen molar-refractivity contribution in [3.05, 3.63) is 64.4 Å². The third-order valence-electron chi connectivity index (χ3n) is 3.34. The number of hydrogen-bond donors (Lipinski definition) is 1. The first-order valence-corrected chi connectivity index (χ1v) is 6.99. The number of anilines is 1. The fourth-order valence-corrected chi connectivity index (χ4v) is 2.75. The first kappa shape index (κ1) is 13.1. The number of para-hydroxylation sites is 1. The molecule has 0 bridgehead atoms. The lowest BCUT2D eigenvalue weighted by atomic mass is 10.1. The summed E-state index contributed by atoms with van der Waals surface area (Å²) in [7, 11) is 0. The second-order valence-corrected chi connectivity index (χ2v) is 5.42. The second-order valence-electron chi connectivity index (χ2n) is 5.08. The van der Waals surface area contributed by atoms with E-state index in [-0.39, 0.29) is 0 Å². The molecule has 0 spiro atoms. The summed E-state index contributed by atoms with van der Waals surface area (Å²) < 4.78 is 5.56. The van der Waals surface area contributed by atoms with Crippen molar-refractivity contribution in [1.82, 2.24) is 0 Å². The number of aryl methyl sites for hydroxylation is 2. The van der Waals surface area contributed by atoms with Gasteiger partial charge in [0, 0.05) is 23.2 Å². The zero-order valence-corrected chi connectivity index (χ0v) is 12.3. The smallest absolute Gasteiger partial charge is 0.199 e. The van der Waals surface area contributed by atoms with Gasteiger partial charge < -0.3 is 9.73 Å². The Bertz CT molecular complexity index is 741. The molecule has 0 saturated heterocycles. The summed E-state index contributed by atoms with van der Waals surface area (Å²) in [6, 6.07) is 14.3. The van der Waals surface area contributed by atoms with E-state index < -0.39 is 0 Å². The maximum Gasteiger partial charge on any atom is 0.199 e. The molecular weight excluding hydrogens is 270 g/mol. The molecule has 0 radical (unpaired) electrons. The Kier molecular flexibility index (Phi) is 3.41. The molecule has 1 aromatic heterocycles. The maximum absolute atomic E-state index is 6.19. The quantitative estimate of drug-likeness (QED) is 0.705. The SMILES string of the molecule is Cc1cc(C)cc(NCc2c(Cl)oc3ccccc23)c1. The van der Waals surface area contributed by atoms with Crippen LogP contribution >= 0.6 is 11.6 Å². The summed E-state index contributed by atoms with van der Waals surface area (Å²) in [6.45, 7) is 4.84. The van der Waals surface area contributed by atoms with Crippen molar-refractivity contribution < 1.29 is 4.42 Å². The Labute approximate surface area is 123 Å². The Hall–Kier alpha value is -1.93. The average Bonchev–Trinajstić information content (AvgIpc) is 2.71. The average molecular weight is 286 g/mol. The Morgan fingerprint density at radius 2 is 1.75 bits per heavy atom. The van der Waals surface area contributed by atoms with Gasteiger partial charge in [0.1, 0.15) is 5.58 Å². The minimum atomic E-state index is 0.461. The summed E-state index contributed by atoms with van der Waals surface area (Å²) in [5.41, 5.74) is 5.42. The molecule has 0 aliphatic heterocycles. The lowest BCUT2D eigenvalue weighted by Gasteiger charge is -2.08. The van der Waals surface area contributed by atoms with Gasteiger partial charge >= 0.3 is 0 Å². The predicted octanol–water partition coefficient (Wildman–Crippen LogP) is 5.32. The van der Waals surface area contributed by atoms with Crippen LogP contribution < -0.4 is 5.32 Å². The number of benzene rings is 2. The molecule has 1 heterocycles. The maximum atomic E-state index is 6.19.